The smallest absolute Gasteiger partial charge is 0.324 e. The van der Waals surface area contributed by atoms with Crippen molar-refractivity contribution in [3.05, 3.63) is 35.9 Å². The molecule has 3 rings (SSSR count). The average molecular weight is 315 g/mol. The zero-order valence-electron chi connectivity index (χ0n) is 13.2. The molecule has 4 amide bonds. The summed E-state index contributed by atoms with van der Waals surface area (Å²) in [7, 11) is 0. The third-order valence-electron chi connectivity index (χ3n) is 4.63. The lowest BCUT2D eigenvalue weighted by atomic mass is 9.95. The summed E-state index contributed by atoms with van der Waals surface area (Å²) in [6.07, 6.45) is 1.38. The van der Waals surface area contributed by atoms with Gasteiger partial charge in [0.25, 0.3) is 0 Å². The van der Waals surface area contributed by atoms with Gasteiger partial charge in [-0.2, -0.15) is 0 Å². The third kappa shape index (κ3) is 2.93. The van der Waals surface area contributed by atoms with Gasteiger partial charge in [-0.1, -0.05) is 37.3 Å². The van der Waals surface area contributed by atoms with Crippen LogP contribution in [0.25, 0.3) is 0 Å². The number of urea groups is 1. The van der Waals surface area contributed by atoms with E-state index in [-0.39, 0.29) is 36.3 Å². The van der Waals surface area contributed by atoms with E-state index in [1.165, 1.54) is 4.90 Å². The predicted octanol–water partition coefficient (Wildman–Crippen LogP) is 1.33. The first-order valence-electron chi connectivity index (χ1n) is 8.05. The minimum atomic E-state index is -0.343. The van der Waals surface area contributed by atoms with Crippen molar-refractivity contribution in [2.75, 3.05) is 19.6 Å². The van der Waals surface area contributed by atoms with Gasteiger partial charge < -0.3 is 10.2 Å². The fraction of sp³-hybridized carbons (Fsp3) is 0.471. The number of amides is 4. The highest BCUT2D eigenvalue weighted by Crippen LogP contribution is 2.26. The molecule has 2 fully saturated rings. The first-order chi connectivity index (χ1) is 11.1. The molecule has 0 bridgehead atoms. The summed E-state index contributed by atoms with van der Waals surface area (Å²) in [4.78, 5) is 39.4. The summed E-state index contributed by atoms with van der Waals surface area (Å²) in [6.45, 7) is 3.08. The summed E-state index contributed by atoms with van der Waals surface area (Å²) < 4.78 is 0. The van der Waals surface area contributed by atoms with Crippen molar-refractivity contribution in [3.63, 3.8) is 0 Å². The predicted molar refractivity (Wildman–Crippen MR) is 84.7 cm³/mol. The molecular formula is C17H21N3O3. The summed E-state index contributed by atoms with van der Waals surface area (Å²) in [5, 5.41) is 2.53. The second-order valence-electron chi connectivity index (χ2n) is 6.02. The Morgan fingerprint density at radius 2 is 2.04 bits per heavy atom. The molecule has 0 spiro atoms. The lowest BCUT2D eigenvalue weighted by molar-refractivity contribution is -0.133. The van der Waals surface area contributed by atoms with Gasteiger partial charge in [0.2, 0.25) is 11.8 Å². The van der Waals surface area contributed by atoms with Crippen LogP contribution in [0.1, 0.15) is 31.2 Å². The van der Waals surface area contributed by atoms with Crippen LogP contribution < -0.4 is 5.32 Å². The molecule has 2 aliphatic rings. The molecule has 23 heavy (non-hydrogen) atoms. The van der Waals surface area contributed by atoms with Gasteiger partial charge >= 0.3 is 6.03 Å². The molecule has 0 radical (unpaired) electrons. The highest BCUT2D eigenvalue weighted by Gasteiger charge is 2.40. The molecule has 2 unspecified atom stereocenters. The summed E-state index contributed by atoms with van der Waals surface area (Å²) >= 11 is 0. The molecule has 1 N–H and O–H groups in total. The molecule has 0 saturated carbocycles. The van der Waals surface area contributed by atoms with Gasteiger partial charge in [0.15, 0.2) is 0 Å². The Kier molecular flexibility index (Phi) is 4.32. The van der Waals surface area contributed by atoms with Crippen molar-refractivity contribution < 1.29 is 14.4 Å². The molecule has 1 aromatic rings. The van der Waals surface area contributed by atoms with Crippen molar-refractivity contribution >= 4 is 17.8 Å². The zero-order valence-corrected chi connectivity index (χ0v) is 13.2. The number of hydrogen-bond donors (Lipinski definition) is 1. The quantitative estimate of drug-likeness (QED) is 0.852. The Labute approximate surface area is 135 Å². The molecule has 122 valence electrons. The molecule has 1 aromatic carbocycles. The van der Waals surface area contributed by atoms with Crippen LogP contribution in [-0.2, 0) is 9.59 Å². The van der Waals surface area contributed by atoms with Crippen molar-refractivity contribution in [2.45, 2.75) is 31.7 Å². The Bertz CT molecular complexity index is 601. The van der Waals surface area contributed by atoms with Gasteiger partial charge in [-0.05, 0) is 18.4 Å². The highest BCUT2D eigenvalue weighted by molar-refractivity contribution is 6.02. The Morgan fingerprint density at radius 3 is 2.65 bits per heavy atom. The van der Waals surface area contributed by atoms with Crippen molar-refractivity contribution in [3.8, 4) is 0 Å². The summed E-state index contributed by atoms with van der Waals surface area (Å²) in [6, 6.07) is 9.20. The molecule has 0 aliphatic carbocycles. The number of nitrogens with zero attached hydrogens (tertiary/aromatic N) is 2. The van der Waals surface area contributed by atoms with E-state index in [0.29, 0.717) is 19.5 Å². The van der Waals surface area contributed by atoms with E-state index in [4.69, 9.17) is 0 Å². The molecular weight excluding hydrogens is 294 g/mol. The van der Waals surface area contributed by atoms with Crippen molar-refractivity contribution in [2.24, 2.45) is 0 Å². The van der Waals surface area contributed by atoms with Crippen LogP contribution in [0.3, 0.4) is 0 Å². The van der Waals surface area contributed by atoms with Gasteiger partial charge in [-0.3, -0.25) is 14.5 Å². The number of carbonyl (C=O) groups is 3. The van der Waals surface area contributed by atoms with Gasteiger partial charge in [-0.15, -0.1) is 0 Å². The van der Waals surface area contributed by atoms with Gasteiger partial charge in [0.05, 0.1) is 18.5 Å². The van der Waals surface area contributed by atoms with E-state index >= 15 is 0 Å². The maximum absolute atomic E-state index is 12.8. The minimum absolute atomic E-state index is 0.0604. The molecule has 6 heteroatoms. The Hall–Kier alpha value is -2.37. The molecule has 2 heterocycles. The SMILES string of the molecule is CCC(C(=O)N1CCC(N2C(=O)CNC2=O)C1)c1ccccc1. The van der Waals surface area contributed by atoms with E-state index in [1.54, 1.807) is 4.90 Å². The van der Waals surface area contributed by atoms with Crippen LogP contribution in [0.4, 0.5) is 4.79 Å². The van der Waals surface area contributed by atoms with Gasteiger partial charge in [-0.25, -0.2) is 4.79 Å². The monoisotopic (exact) mass is 315 g/mol. The van der Waals surface area contributed by atoms with Crippen LogP contribution in [0.2, 0.25) is 0 Å². The molecule has 6 nitrogen and oxygen atoms in total. The highest BCUT2D eigenvalue weighted by atomic mass is 16.2. The number of benzene rings is 1. The van der Waals surface area contributed by atoms with Crippen LogP contribution in [0.15, 0.2) is 30.3 Å². The zero-order chi connectivity index (χ0) is 16.4. The standard InChI is InChI=1S/C17H21N3O3/c1-2-14(12-6-4-3-5-7-12)16(22)19-9-8-13(11-19)20-15(21)10-18-17(20)23/h3-7,13-14H,2,8-11H2,1H3,(H,18,23). The van der Waals surface area contributed by atoms with Crippen LogP contribution >= 0.6 is 0 Å². The fourth-order valence-corrected chi connectivity index (χ4v) is 3.42. The molecule has 2 atom stereocenters. The molecule has 2 saturated heterocycles. The van der Waals surface area contributed by atoms with Crippen LogP contribution in [0.5, 0.6) is 0 Å². The van der Waals surface area contributed by atoms with Crippen molar-refractivity contribution in [1.29, 1.82) is 0 Å². The Morgan fingerprint density at radius 1 is 1.30 bits per heavy atom. The third-order valence-corrected chi connectivity index (χ3v) is 4.63. The maximum atomic E-state index is 12.8. The molecule has 2 aliphatic heterocycles. The summed E-state index contributed by atoms with van der Waals surface area (Å²) in [5.74, 6) is -0.296. The number of carbonyl (C=O) groups excluding carboxylic acids is 3. The first kappa shape index (κ1) is 15.5. The second kappa shape index (κ2) is 6.40. The first-order valence-corrected chi connectivity index (χ1v) is 8.05. The van der Waals surface area contributed by atoms with Crippen LogP contribution in [0, 0.1) is 0 Å². The van der Waals surface area contributed by atoms with E-state index in [9.17, 15) is 14.4 Å². The number of imide groups is 1. The average Bonchev–Trinajstić information content (AvgIpc) is 3.16. The number of nitrogens with one attached hydrogen (secondary N) is 1. The van der Waals surface area contributed by atoms with E-state index < -0.39 is 0 Å². The molecule has 0 aromatic heterocycles. The van der Waals surface area contributed by atoms with E-state index in [1.807, 2.05) is 37.3 Å². The van der Waals surface area contributed by atoms with E-state index in [0.717, 1.165) is 12.0 Å². The number of rotatable bonds is 4. The topological polar surface area (TPSA) is 69.7 Å². The number of hydrogen-bond acceptors (Lipinski definition) is 3. The lowest BCUT2D eigenvalue weighted by Crippen LogP contribution is -2.43. The summed E-state index contributed by atoms with van der Waals surface area (Å²) in [5.41, 5.74) is 1.01. The maximum Gasteiger partial charge on any atom is 0.324 e. The minimum Gasteiger partial charge on any atom is -0.340 e. The largest absolute Gasteiger partial charge is 0.340 e. The van der Waals surface area contributed by atoms with E-state index in [2.05, 4.69) is 5.32 Å². The fourth-order valence-electron chi connectivity index (χ4n) is 3.42. The second-order valence-corrected chi connectivity index (χ2v) is 6.02. The normalized spacial score (nSPS) is 22.4. The van der Waals surface area contributed by atoms with Gasteiger partial charge in [0.1, 0.15) is 0 Å². The number of likely N-dealkylation sites (tertiary alicyclic amines) is 1. The van der Waals surface area contributed by atoms with Crippen LogP contribution in [-0.4, -0.2) is 53.3 Å². The lowest BCUT2D eigenvalue weighted by Gasteiger charge is -2.24. The van der Waals surface area contributed by atoms with Crippen molar-refractivity contribution in [1.82, 2.24) is 15.1 Å². The Balaban J connectivity index is 1.69. The van der Waals surface area contributed by atoms with Gasteiger partial charge in [0, 0.05) is 13.1 Å².